The molecule has 1 unspecified atom stereocenters. The van der Waals surface area contributed by atoms with Crippen molar-refractivity contribution in [3.63, 3.8) is 0 Å². The molecule has 3 rings (SSSR count). The first kappa shape index (κ1) is 12.2. The van der Waals surface area contributed by atoms with E-state index in [1.165, 1.54) is 0 Å². The first-order valence-corrected chi connectivity index (χ1v) is 6.47. The van der Waals surface area contributed by atoms with E-state index < -0.39 is 5.60 Å². The van der Waals surface area contributed by atoms with E-state index in [1.807, 2.05) is 31.2 Å². The van der Waals surface area contributed by atoms with Gasteiger partial charge in [-0.05, 0) is 37.5 Å². The molecule has 1 aromatic heterocycles. The summed E-state index contributed by atoms with van der Waals surface area (Å²) in [5.74, 6) is 1.24. The van der Waals surface area contributed by atoms with Gasteiger partial charge in [-0.15, -0.1) is 0 Å². The van der Waals surface area contributed by atoms with Gasteiger partial charge in [0.15, 0.2) is 0 Å². The number of nitrogens with zero attached hydrogens (tertiary/aromatic N) is 2. The number of aromatic nitrogens is 2. The Bertz CT molecular complexity index is 574. The lowest BCUT2D eigenvalue weighted by Crippen LogP contribution is -2.21. The molecular weight excluding hydrogens is 242 g/mol. The summed E-state index contributed by atoms with van der Waals surface area (Å²) in [6, 6.07) is 7.69. The summed E-state index contributed by atoms with van der Waals surface area (Å²) in [6.45, 7) is 2.77. The third-order valence-electron chi connectivity index (χ3n) is 3.47. The second-order valence-corrected chi connectivity index (χ2v) is 5.12. The fourth-order valence-electron chi connectivity index (χ4n) is 2.37. The van der Waals surface area contributed by atoms with Gasteiger partial charge >= 0.3 is 0 Å². The van der Waals surface area contributed by atoms with Crippen LogP contribution < -0.4 is 5.73 Å². The Morgan fingerprint density at radius 2 is 2.32 bits per heavy atom. The van der Waals surface area contributed by atoms with Crippen molar-refractivity contribution in [1.82, 2.24) is 10.1 Å². The van der Waals surface area contributed by atoms with E-state index in [9.17, 15) is 0 Å². The quantitative estimate of drug-likeness (QED) is 0.856. The van der Waals surface area contributed by atoms with Gasteiger partial charge in [-0.3, -0.25) is 0 Å². The molecule has 19 heavy (non-hydrogen) atoms. The van der Waals surface area contributed by atoms with Crippen LogP contribution in [0.2, 0.25) is 0 Å². The predicted molar refractivity (Wildman–Crippen MR) is 70.5 cm³/mol. The Balaban J connectivity index is 1.78. The molecule has 0 bridgehead atoms. The molecule has 0 saturated carbocycles. The lowest BCUT2D eigenvalue weighted by atomic mass is 10.0. The molecular formula is C14H17N3O2. The Labute approximate surface area is 111 Å². The second kappa shape index (κ2) is 4.66. The number of ether oxygens (including phenoxy) is 1. The molecule has 1 aliphatic rings. The van der Waals surface area contributed by atoms with Gasteiger partial charge in [0.05, 0.1) is 6.42 Å². The maximum Gasteiger partial charge on any atom is 0.231 e. The summed E-state index contributed by atoms with van der Waals surface area (Å²) in [6.07, 6.45) is 2.56. The molecule has 5 nitrogen and oxygen atoms in total. The summed E-state index contributed by atoms with van der Waals surface area (Å²) >= 11 is 0. The molecule has 1 aliphatic heterocycles. The SMILES string of the molecule is CC1(c2noc(Cc3cccc(N)c3)n2)CCCO1. The molecule has 2 N–H and O–H groups in total. The third kappa shape index (κ3) is 2.46. The topological polar surface area (TPSA) is 74.2 Å². The summed E-state index contributed by atoms with van der Waals surface area (Å²) in [4.78, 5) is 4.45. The highest BCUT2D eigenvalue weighted by Gasteiger charge is 2.36. The lowest BCUT2D eigenvalue weighted by Gasteiger charge is -2.17. The molecule has 0 radical (unpaired) electrons. The summed E-state index contributed by atoms with van der Waals surface area (Å²) in [5.41, 5.74) is 7.16. The number of rotatable bonds is 3. The smallest absolute Gasteiger partial charge is 0.231 e. The Kier molecular flexibility index (Phi) is 2.98. The van der Waals surface area contributed by atoms with Crippen molar-refractivity contribution >= 4 is 5.69 Å². The number of hydrogen-bond acceptors (Lipinski definition) is 5. The van der Waals surface area contributed by atoms with Gasteiger partial charge < -0.3 is 15.0 Å². The Hall–Kier alpha value is -1.88. The number of hydrogen-bond donors (Lipinski definition) is 1. The highest BCUT2D eigenvalue weighted by atomic mass is 16.5. The van der Waals surface area contributed by atoms with Crippen LogP contribution >= 0.6 is 0 Å². The van der Waals surface area contributed by atoms with Gasteiger partial charge in [-0.25, -0.2) is 0 Å². The van der Waals surface area contributed by atoms with Crippen LogP contribution in [0.3, 0.4) is 0 Å². The molecule has 1 atom stereocenters. The van der Waals surface area contributed by atoms with Crippen molar-refractivity contribution < 1.29 is 9.26 Å². The normalized spacial score (nSPS) is 22.8. The van der Waals surface area contributed by atoms with E-state index in [2.05, 4.69) is 10.1 Å². The van der Waals surface area contributed by atoms with E-state index in [-0.39, 0.29) is 0 Å². The molecule has 1 saturated heterocycles. The first-order chi connectivity index (χ1) is 9.16. The van der Waals surface area contributed by atoms with Crippen molar-refractivity contribution in [2.45, 2.75) is 31.8 Å². The average Bonchev–Trinajstić information content (AvgIpc) is 2.99. The van der Waals surface area contributed by atoms with E-state index in [0.29, 0.717) is 18.1 Å². The van der Waals surface area contributed by atoms with Gasteiger partial charge in [0, 0.05) is 12.3 Å². The van der Waals surface area contributed by atoms with Gasteiger partial charge in [-0.2, -0.15) is 4.98 Å². The standard InChI is InChI=1S/C14H17N3O2/c1-14(6-3-7-18-14)13-16-12(19-17-13)9-10-4-2-5-11(15)8-10/h2,4-5,8H,3,6-7,9,15H2,1H3. The molecule has 1 fully saturated rings. The van der Waals surface area contributed by atoms with Crippen LogP contribution in [0.4, 0.5) is 5.69 Å². The molecule has 5 heteroatoms. The van der Waals surface area contributed by atoms with Crippen molar-refractivity contribution in [3.05, 3.63) is 41.5 Å². The highest BCUT2D eigenvalue weighted by Crippen LogP contribution is 2.33. The Morgan fingerprint density at radius 1 is 1.42 bits per heavy atom. The predicted octanol–water partition coefficient (Wildman–Crippen LogP) is 2.27. The number of nitrogens with two attached hydrogens (primary N) is 1. The molecule has 1 aromatic carbocycles. The van der Waals surface area contributed by atoms with Crippen LogP contribution in [0.5, 0.6) is 0 Å². The minimum Gasteiger partial charge on any atom is -0.399 e. The maximum absolute atomic E-state index is 5.75. The van der Waals surface area contributed by atoms with Crippen LogP contribution in [0.15, 0.2) is 28.8 Å². The molecule has 0 spiro atoms. The fraction of sp³-hybridized carbons (Fsp3) is 0.429. The van der Waals surface area contributed by atoms with E-state index in [1.54, 1.807) is 0 Å². The molecule has 0 aliphatic carbocycles. The summed E-state index contributed by atoms with van der Waals surface area (Å²) in [5, 5.41) is 4.05. The Morgan fingerprint density at radius 3 is 3.05 bits per heavy atom. The zero-order chi connectivity index (χ0) is 13.3. The minimum atomic E-state index is -0.391. The number of benzene rings is 1. The average molecular weight is 259 g/mol. The minimum absolute atomic E-state index is 0.391. The van der Waals surface area contributed by atoms with Crippen LogP contribution in [0, 0.1) is 0 Å². The third-order valence-corrected chi connectivity index (χ3v) is 3.47. The van der Waals surface area contributed by atoms with Crippen LogP contribution in [-0.2, 0) is 16.8 Å². The van der Waals surface area contributed by atoms with Gasteiger partial charge in [0.25, 0.3) is 0 Å². The molecule has 2 heterocycles. The van der Waals surface area contributed by atoms with Crippen molar-refractivity contribution in [3.8, 4) is 0 Å². The maximum atomic E-state index is 5.75. The van der Waals surface area contributed by atoms with Gasteiger partial charge in [-0.1, -0.05) is 17.3 Å². The zero-order valence-corrected chi connectivity index (χ0v) is 10.9. The van der Waals surface area contributed by atoms with Crippen molar-refractivity contribution in [2.75, 3.05) is 12.3 Å². The van der Waals surface area contributed by atoms with E-state index in [0.717, 1.165) is 30.7 Å². The highest BCUT2D eigenvalue weighted by molar-refractivity contribution is 5.41. The van der Waals surface area contributed by atoms with E-state index >= 15 is 0 Å². The largest absolute Gasteiger partial charge is 0.399 e. The number of nitrogen functional groups attached to an aromatic ring is 1. The molecule has 100 valence electrons. The van der Waals surface area contributed by atoms with Crippen molar-refractivity contribution in [1.29, 1.82) is 0 Å². The van der Waals surface area contributed by atoms with E-state index in [4.69, 9.17) is 15.0 Å². The van der Waals surface area contributed by atoms with Crippen LogP contribution in [0.1, 0.15) is 37.0 Å². The van der Waals surface area contributed by atoms with Crippen LogP contribution in [-0.4, -0.2) is 16.7 Å². The molecule has 2 aromatic rings. The van der Waals surface area contributed by atoms with Gasteiger partial charge in [0.1, 0.15) is 5.60 Å². The summed E-state index contributed by atoms with van der Waals surface area (Å²) in [7, 11) is 0. The summed E-state index contributed by atoms with van der Waals surface area (Å²) < 4.78 is 11.0. The van der Waals surface area contributed by atoms with Crippen LogP contribution in [0.25, 0.3) is 0 Å². The van der Waals surface area contributed by atoms with Crippen molar-refractivity contribution in [2.24, 2.45) is 0 Å². The molecule has 0 amide bonds. The lowest BCUT2D eigenvalue weighted by molar-refractivity contribution is 0.00768. The second-order valence-electron chi connectivity index (χ2n) is 5.12. The first-order valence-electron chi connectivity index (χ1n) is 6.47. The van der Waals surface area contributed by atoms with Gasteiger partial charge in [0.2, 0.25) is 11.7 Å². The monoisotopic (exact) mass is 259 g/mol. The zero-order valence-electron chi connectivity index (χ0n) is 10.9. The number of anilines is 1. The fourth-order valence-corrected chi connectivity index (χ4v) is 2.37.